The van der Waals surface area contributed by atoms with Crippen molar-refractivity contribution in [3.8, 4) is 0 Å². The molecule has 3 rings (SSSR count). The zero-order chi connectivity index (χ0) is 19.8. The number of benzene rings is 1. The van der Waals surface area contributed by atoms with Crippen LogP contribution < -0.4 is 0 Å². The molecule has 27 heavy (non-hydrogen) atoms. The van der Waals surface area contributed by atoms with Gasteiger partial charge in [0, 0.05) is 18.2 Å². The molecule has 0 radical (unpaired) electrons. The maximum Gasteiger partial charge on any atom is 0.416 e. The molecule has 1 aliphatic carbocycles. The lowest BCUT2D eigenvalue weighted by Crippen LogP contribution is -2.33. The van der Waals surface area contributed by atoms with Crippen molar-refractivity contribution >= 4 is 11.9 Å². The van der Waals surface area contributed by atoms with Crippen molar-refractivity contribution in [2.45, 2.75) is 44.9 Å². The van der Waals surface area contributed by atoms with Gasteiger partial charge in [-0.2, -0.15) is 13.2 Å². The smallest absolute Gasteiger partial charge is 0.416 e. The van der Waals surface area contributed by atoms with E-state index >= 15 is 0 Å². The standard InChI is InChI=1S/C19H18F3NO4/c1-11-10-27-15(8-16(24)25)17(11)18(26)23(14-6-7-14)9-12-2-4-13(5-3-12)19(20,21)22/h2-5,10,14H,6-9H2,1H3,(H,24,25). The summed E-state index contributed by atoms with van der Waals surface area (Å²) >= 11 is 0. The number of carboxylic acids is 1. The maximum absolute atomic E-state index is 13.0. The second-order valence-corrected chi connectivity index (χ2v) is 6.65. The van der Waals surface area contributed by atoms with E-state index in [1.807, 2.05) is 0 Å². The van der Waals surface area contributed by atoms with Crippen LogP contribution >= 0.6 is 0 Å². The first kappa shape index (κ1) is 19.0. The molecule has 0 saturated heterocycles. The highest BCUT2D eigenvalue weighted by Crippen LogP contribution is 2.33. The van der Waals surface area contributed by atoms with Gasteiger partial charge in [0.05, 0.1) is 17.4 Å². The number of carbonyl (C=O) groups is 2. The van der Waals surface area contributed by atoms with Crippen LogP contribution in [-0.2, 0) is 23.9 Å². The molecule has 5 nitrogen and oxygen atoms in total. The number of carbonyl (C=O) groups excluding carboxylic acids is 1. The Labute approximate surface area is 153 Å². The lowest BCUT2D eigenvalue weighted by Gasteiger charge is -2.23. The molecule has 0 bridgehead atoms. The van der Waals surface area contributed by atoms with Crippen molar-refractivity contribution in [3.05, 3.63) is 58.5 Å². The summed E-state index contributed by atoms with van der Waals surface area (Å²) in [7, 11) is 0. The Morgan fingerprint density at radius 1 is 1.22 bits per heavy atom. The van der Waals surface area contributed by atoms with Crippen molar-refractivity contribution in [3.63, 3.8) is 0 Å². The van der Waals surface area contributed by atoms with Gasteiger partial charge < -0.3 is 14.4 Å². The van der Waals surface area contributed by atoms with Crippen molar-refractivity contribution in [2.24, 2.45) is 0 Å². The predicted octanol–water partition coefficient (Wildman–Crippen LogP) is 4.04. The first-order valence-electron chi connectivity index (χ1n) is 8.42. The van der Waals surface area contributed by atoms with Crippen molar-refractivity contribution in [2.75, 3.05) is 0 Å². The summed E-state index contributed by atoms with van der Waals surface area (Å²) in [6.45, 7) is 1.81. The number of aliphatic carboxylic acids is 1. The first-order chi connectivity index (χ1) is 12.7. The fourth-order valence-corrected chi connectivity index (χ4v) is 2.95. The molecule has 1 heterocycles. The Morgan fingerprint density at radius 2 is 1.85 bits per heavy atom. The molecule has 8 heteroatoms. The summed E-state index contributed by atoms with van der Waals surface area (Å²) in [4.78, 5) is 25.6. The van der Waals surface area contributed by atoms with E-state index in [1.54, 1.807) is 11.8 Å². The van der Waals surface area contributed by atoms with E-state index in [9.17, 15) is 22.8 Å². The molecule has 1 aromatic carbocycles. The largest absolute Gasteiger partial charge is 0.481 e. The van der Waals surface area contributed by atoms with Crippen LogP contribution in [0.4, 0.5) is 13.2 Å². The van der Waals surface area contributed by atoms with Gasteiger partial charge in [-0.3, -0.25) is 9.59 Å². The summed E-state index contributed by atoms with van der Waals surface area (Å²) in [5, 5.41) is 8.99. The number of halogens is 3. The number of alkyl halides is 3. The van der Waals surface area contributed by atoms with E-state index in [1.165, 1.54) is 18.4 Å². The number of nitrogens with zero attached hydrogens (tertiary/aromatic N) is 1. The molecule has 0 spiro atoms. The Morgan fingerprint density at radius 3 is 2.37 bits per heavy atom. The van der Waals surface area contributed by atoms with Gasteiger partial charge in [-0.1, -0.05) is 12.1 Å². The van der Waals surface area contributed by atoms with Crippen LogP contribution in [0.25, 0.3) is 0 Å². The second kappa shape index (κ2) is 7.09. The predicted molar refractivity (Wildman–Crippen MR) is 89.1 cm³/mol. The minimum absolute atomic E-state index is 0.00762. The highest BCUT2D eigenvalue weighted by Gasteiger charge is 2.36. The third-order valence-electron chi connectivity index (χ3n) is 4.46. The van der Waals surface area contributed by atoms with Crippen LogP contribution in [0, 0.1) is 6.92 Å². The molecule has 1 aliphatic rings. The molecule has 1 fully saturated rings. The minimum atomic E-state index is -4.41. The van der Waals surface area contributed by atoms with Crippen molar-refractivity contribution in [1.82, 2.24) is 4.90 Å². The van der Waals surface area contributed by atoms with Crippen LogP contribution in [0.5, 0.6) is 0 Å². The second-order valence-electron chi connectivity index (χ2n) is 6.65. The average Bonchev–Trinajstić information content (AvgIpc) is 3.35. The molecule has 0 aliphatic heterocycles. The quantitative estimate of drug-likeness (QED) is 0.820. The van der Waals surface area contributed by atoms with Gasteiger partial charge in [0.2, 0.25) is 0 Å². The number of aryl methyl sites for hydroxylation is 1. The van der Waals surface area contributed by atoms with E-state index in [0.29, 0.717) is 11.1 Å². The van der Waals surface area contributed by atoms with E-state index in [0.717, 1.165) is 25.0 Å². The van der Waals surface area contributed by atoms with Crippen LogP contribution in [-0.4, -0.2) is 27.9 Å². The molecular formula is C19H18F3NO4. The average molecular weight is 381 g/mol. The molecule has 1 N–H and O–H groups in total. The van der Waals surface area contributed by atoms with E-state index in [4.69, 9.17) is 9.52 Å². The van der Waals surface area contributed by atoms with Gasteiger partial charge in [-0.15, -0.1) is 0 Å². The van der Waals surface area contributed by atoms with Gasteiger partial charge in [-0.25, -0.2) is 0 Å². The normalized spacial score (nSPS) is 14.2. The zero-order valence-electron chi connectivity index (χ0n) is 14.5. The summed E-state index contributed by atoms with van der Waals surface area (Å²) in [5.41, 5.74) is 0.583. The molecule has 2 aromatic rings. The van der Waals surface area contributed by atoms with Crippen LogP contribution in [0.15, 0.2) is 34.9 Å². The third-order valence-corrected chi connectivity index (χ3v) is 4.46. The SMILES string of the molecule is Cc1coc(CC(=O)O)c1C(=O)N(Cc1ccc(C(F)(F)F)cc1)C1CC1. The number of rotatable bonds is 6. The first-order valence-corrected chi connectivity index (χ1v) is 8.42. The van der Waals surface area contributed by atoms with Crippen molar-refractivity contribution in [1.29, 1.82) is 0 Å². The van der Waals surface area contributed by atoms with Crippen LogP contribution in [0.2, 0.25) is 0 Å². The number of furan rings is 1. The topological polar surface area (TPSA) is 70.7 Å². The number of hydrogen-bond acceptors (Lipinski definition) is 3. The van der Waals surface area contributed by atoms with Gasteiger partial charge in [0.1, 0.15) is 12.2 Å². The minimum Gasteiger partial charge on any atom is -0.481 e. The number of hydrogen-bond donors (Lipinski definition) is 1. The fourth-order valence-electron chi connectivity index (χ4n) is 2.95. The summed E-state index contributed by atoms with van der Waals surface area (Å²) in [5.74, 6) is -1.39. The fraction of sp³-hybridized carbons (Fsp3) is 0.368. The summed E-state index contributed by atoms with van der Waals surface area (Å²) in [6.07, 6.45) is -1.87. The van der Waals surface area contributed by atoms with Gasteiger partial charge in [0.25, 0.3) is 5.91 Å². The highest BCUT2D eigenvalue weighted by molar-refractivity contribution is 5.97. The number of amides is 1. The molecule has 0 unspecified atom stereocenters. The van der Waals surface area contributed by atoms with Crippen LogP contribution in [0.1, 0.15) is 45.7 Å². The molecule has 1 aromatic heterocycles. The molecule has 0 atom stereocenters. The highest BCUT2D eigenvalue weighted by atomic mass is 19.4. The third kappa shape index (κ3) is 4.32. The summed E-state index contributed by atoms with van der Waals surface area (Å²) < 4.78 is 43.3. The Kier molecular flexibility index (Phi) is 4.99. The van der Waals surface area contributed by atoms with Gasteiger partial charge in [0.15, 0.2) is 0 Å². The Bertz CT molecular complexity index is 851. The van der Waals surface area contributed by atoms with Crippen molar-refractivity contribution < 1.29 is 32.3 Å². The van der Waals surface area contributed by atoms with E-state index in [-0.39, 0.29) is 29.8 Å². The molecule has 1 saturated carbocycles. The molecular weight excluding hydrogens is 363 g/mol. The molecule has 144 valence electrons. The maximum atomic E-state index is 13.0. The van der Waals surface area contributed by atoms with E-state index in [2.05, 4.69) is 0 Å². The Balaban J connectivity index is 1.83. The lowest BCUT2D eigenvalue weighted by atomic mass is 10.1. The summed E-state index contributed by atoms with van der Waals surface area (Å²) in [6, 6.07) is 4.68. The van der Waals surface area contributed by atoms with Crippen LogP contribution in [0.3, 0.4) is 0 Å². The number of carboxylic acid groups (broad SMARTS) is 1. The zero-order valence-corrected chi connectivity index (χ0v) is 14.5. The van der Waals surface area contributed by atoms with Gasteiger partial charge in [-0.05, 0) is 37.5 Å². The van der Waals surface area contributed by atoms with Gasteiger partial charge >= 0.3 is 12.1 Å². The van der Waals surface area contributed by atoms with E-state index < -0.39 is 24.1 Å². The Hall–Kier alpha value is -2.77. The lowest BCUT2D eigenvalue weighted by molar-refractivity contribution is -0.138. The molecule has 1 amide bonds. The monoisotopic (exact) mass is 381 g/mol.